The number of halogens is 1. The zero-order chi connectivity index (χ0) is 14.2. The molecule has 0 bridgehead atoms. The number of benzene rings is 1. The first-order valence-corrected chi connectivity index (χ1v) is 7.10. The van der Waals surface area contributed by atoms with Gasteiger partial charge in [-0.1, -0.05) is 22.0 Å². The number of anilines is 1. The summed E-state index contributed by atoms with van der Waals surface area (Å²) < 4.78 is 6.18. The first kappa shape index (κ1) is 14.3. The van der Waals surface area contributed by atoms with Gasteiger partial charge in [0.1, 0.15) is 5.60 Å². The van der Waals surface area contributed by atoms with E-state index in [0.717, 1.165) is 22.1 Å². The van der Waals surface area contributed by atoms with Crippen LogP contribution in [0.5, 0.6) is 0 Å². The summed E-state index contributed by atoms with van der Waals surface area (Å²) in [6.45, 7) is 5.52. The summed E-state index contributed by atoms with van der Waals surface area (Å²) in [6, 6.07) is 6.03. The zero-order valence-electron chi connectivity index (χ0n) is 11.4. The van der Waals surface area contributed by atoms with Gasteiger partial charge in [0.05, 0.1) is 0 Å². The predicted molar refractivity (Wildman–Crippen MR) is 79.3 cm³/mol. The highest BCUT2D eigenvalue weighted by Crippen LogP contribution is 2.43. The molecule has 0 radical (unpaired) electrons. The molecule has 0 spiro atoms. The number of amides is 1. The van der Waals surface area contributed by atoms with Gasteiger partial charge in [0.2, 0.25) is 0 Å². The smallest absolute Gasteiger partial charge is 0.412 e. The molecule has 1 saturated carbocycles. The van der Waals surface area contributed by atoms with Gasteiger partial charge in [0.25, 0.3) is 0 Å². The Hall–Kier alpha value is -1.07. The third-order valence-electron chi connectivity index (χ3n) is 2.89. The lowest BCUT2D eigenvalue weighted by Crippen LogP contribution is -2.27. The van der Waals surface area contributed by atoms with Crippen molar-refractivity contribution in [2.24, 2.45) is 5.73 Å². The van der Waals surface area contributed by atoms with Gasteiger partial charge < -0.3 is 10.5 Å². The van der Waals surface area contributed by atoms with E-state index in [9.17, 15) is 4.79 Å². The molecule has 1 aliphatic carbocycles. The standard InChI is InChI=1S/C14H19BrN2O2/c1-14(2,3)19-13(18)17-12-6-8(15)4-5-9(12)10-7-11(10)16/h4-6,10-11H,7,16H2,1-3H3,(H,17,18). The number of ether oxygens (including phenoxy) is 1. The topological polar surface area (TPSA) is 64.3 Å². The highest BCUT2D eigenvalue weighted by Gasteiger charge is 2.36. The second kappa shape index (κ2) is 5.13. The van der Waals surface area contributed by atoms with Crippen molar-refractivity contribution in [3.8, 4) is 0 Å². The van der Waals surface area contributed by atoms with Gasteiger partial charge in [-0.3, -0.25) is 5.32 Å². The number of hydrogen-bond acceptors (Lipinski definition) is 3. The maximum absolute atomic E-state index is 11.8. The van der Waals surface area contributed by atoms with E-state index in [1.165, 1.54) is 0 Å². The molecule has 2 unspecified atom stereocenters. The van der Waals surface area contributed by atoms with Crippen molar-refractivity contribution >= 4 is 27.7 Å². The third-order valence-corrected chi connectivity index (χ3v) is 3.38. The van der Waals surface area contributed by atoms with Crippen molar-refractivity contribution in [3.63, 3.8) is 0 Å². The van der Waals surface area contributed by atoms with E-state index in [1.54, 1.807) is 0 Å². The van der Waals surface area contributed by atoms with Gasteiger partial charge in [0, 0.05) is 22.1 Å². The molecule has 0 aliphatic heterocycles. The van der Waals surface area contributed by atoms with E-state index in [2.05, 4.69) is 21.2 Å². The molecule has 0 aromatic heterocycles. The van der Waals surface area contributed by atoms with E-state index in [0.29, 0.717) is 5.92 Å². The molecule has 0 heterocycles. The van der Waals surface area contributed by atoms with Crippen molar-refractivity contribution in [1.29, 1.82) is 0 Å². The van der Waals surface area contributed by atoms with Crippen molar-refractivity contribution < 1.29 is 9.53 Å². The van der Waals surface area contributed by atoms with Gasteiger partial charge in [-0.2, -0.15) is 0 Å². The zero-order valence-corrected chi connectivity index (χ0v) is 13.0. The summed E-state index contributed by atoms with van der Waals surface area (Å²) in [5, 5.41) is 2.80. The van der Waals surface area contributed by atoms with Crippen LogP contribution in [0, 0.1) is 0 Å². The molecular weight excluding hydrogens is 308 g/mol. The first-order chi connectivity index (χ1) is 8.76. The summed E-state index contributed by atoms with van der Waals surface area (Å²) in [7, 11) is 0. The van der Waals surface area contributed by atoms with Crippen LogP contribution >= 0.6 is 15.9 Å². The quantitative estimate of drug-likeness (QED) is 0.872. The van der Waals surface area contributed by atoms with E-state index in [4.69, 9.17) is 10.5 Å². The average Bonchev–Trinajstić information content (AvgIpc) is 2.92. The van der Waals surface area contributed by atoms with Crippen LogP contribution in [-0.4, -0.2) is 17.7 Å². The van der Waals surface area contributed by atoms with Gasteiger partial charge >= 0.3 is 6.09 Å². The second-order valence-electron chi connectivity index (χ2n) is 5.86. The first-order valence-electron chi connectivity index (χ1n) is 6.31. The molecule has 19 heavy (non-hydrogen) atoms. The number of nitrogens with one attached hydrogen (secondary N) is 1. The van der Waals surface area contributed by atoms with Crippen molar-refractivity contribution in [3.05, 3.63) is 28.2 Å². The van der Waals surface area contributed by atoms with Crippen LogP contribution < -0.4 is 11.1 Å². The molecule has 1 fully saturated rings. The van der Waals surface area contributed by atoms with Crippen LogP contribution in [0.2, 0.25) is 0 Å². The number of hydrogen-bond donors (Lipinski definition) is 2. The number of nitrogens with two attached hydrogens (primary N) is 1. The Morgan fingerprint density at radius 3 is 2.63 bits per heavy atom. The third kappa shape index (κ3) is 3.94. The lowest BCUT2D eigenvalue weighted by molar-refractivity contribution is 0.0636. The average molecular weight is 327 g/mol. The summed E-state index contributed by atoms with van der Waals surface area (Å²) in [5.74, 6) is 0.332. The Kier molecular flexibility index (Phi) is 3.87. The number of carbonyl (C=O) groups excluding carboxylic acids is 1. The monoisotopic (exact) mass is 326 g/mol. The molecule has 1 aliphatic rings. The Balaban J connectivity index is 2.15. The molecular formula is C14H19BrN2O2. The minimum atomic E-state index is -0.508. The molecule has 3 N–H and O–H groups in total. The van der Waals surface area contributed by atoms with Crippen LogP contribution in [0.25, 0.3) is 0 Å². The molecule has 2 rings (SSSR count). The van der Waals surface area contributed by atoms with Crippen molar-refractivity contribution in [2.75, 3.05) is 5.32 Å². The van der Waals surface area contributed by atoms with E-state index in [-0.39, 0.29) is 6.04 Å². The Morgan fingerprint density at radius 1 is 1.47 bits per heavy atom. The Labute approximate surface area is 121 Å². The predicted octanol–water partition coefficient (Wildman–Crippen LogP) is 3.61. The van der Waals surface area contributed by atoms with E-state index in [1.807, 2.05) is 39.0 Å². The SMILES string of the molecule is CC(C)(C)OC(=O)Nc1cc(Br)ccc1C1CC1N. The molecule has 104 valence electrons. The molecule has 0 saturated heterocycles. The Bertz CT molecular complexity index is 497. The molecule has 1 aromatic rings. The fourth-order valence-electron chi connectivity index (χ4n) is 1.95. The summed E-state index contributed by atoms with van der Waals surface area (Å²) in [6.07, 6.45) is 0.519. The van der Waals surface area contributed by atoms with Crippen LogP contribution in [0.1, 0.15) is 38.7 Å². The number of rotatable bonds is 2. The minimum Gasteiger partial charge on any atom is -0.444 e. The highest BCUT2D eigenvalue weighted by atomic mass is 79.9. The fraction of sp³-hybridized carbons (Fsp3) is 0.500. The Morgan fingerprint density at radius 2 is 2.11 bits per heavy atom. The lowest BCUT2D eigenvalue weighted by Gasteiger charge is -2.20. The minimum absolute atomic E-state index is 0.195. The largest absolute Gasteiger partial charge is 0.444 e. The summed E-state index contributed by atoms with van der Waals surface area (Å²) in [4.78, 5) is 11.8. The molecule has 4 nitrogen and oxygen atoms in total. The fourth-order valence-corrected chi connectivity index (χ4v) is 2.31. The highest BCUT2D eigenvalue weighted by molar-refractivity contribution is 9.10. The number of carbonyl (C=O) groups is 1. The second-order valence-corrected chi connectivity index (χ2v) is 6.78. The van der Waals surface area contributed by atoms with Gasteiger partial charge in [-0.25, -0.2) is 4.79 Å². The summed E-state index contributed by atoms with van der Waals surface area (Å²) in [5.41, 5.74) is 7.21. The summed E-state index contributed by atoms with van der Waals surface area (Å²) >= 11 is 3.41. The van der Waals surface area contributed by atoms with Gasteiger partial charge in [-0.05, 0) is 44.9 Å². The van der Waals surface area contributed by atoms with Crippen molar-refractivity contribution in [2.45, 2.75) is 44.8 Å². The van der Waals surface area contributed by atoms with Crippen LogP contribution in [-0.2, 0) is 4.74 Å². The maximum Gasteiger partial charge on any atom is 0.412 e. The van der Waals surface area contributed by atoms with Crippen molar-refractivity contribution in [1.82, 2.24) is 0 Å². The van der Waals surface area contributed by atoms with E-state index < -0.39 is 11.7 Å². The van der Waals surface area contributed by atoms with Crippen LogP contribution in [0.4, 0.5) is 10.5 Å². The van der Waals surface area contributed by atoms with Gasteiger partial charge in [-0.15, -0.1) is 0 Å². The van der Waals surface area contributed by atoms with Gasteiger partial charge in [0.15, 0.2) is 0 Å². The molecule has 2 atom stereocenters. The normalized spacial score (nSPS) is 21.9. The molecule has 1 amide bonds. The van der Waals surface area contributed by atoms with Crippen LogP contribution in [0.15, 0.2) is 22.7 Å². The maximum atomic E-state index is 11.8. The molecule has 1 aromatic carbocycles. The van der Waals surface area contributed by atoms with Crippen LogP contribution in [0.3, 0.4) is 0 Å². The van der Waals surface area contributed by atoms with E-state index >= 15 is 0 Å². The molecule has 5 heteroatoms. The lowest BCUT2D eigenvalue weighted by atomic mass is 10.1.